The Kier molecular flexibility index (Phi) is 7.16. The molecular formula is C16H27BrN2OS. The average Bonchev–Trinajstić information content (AvgIpc) is 2.90. The van der Waals surface area contributed by atoms with Crippen molar-refractivity contribution in [3.05, 3.63) is 20.8 Å². The zero-order valence-electron chi connectivity index (χ0n) is 13.3. The molecule has 1 aromatic rings. The number of rotatable bonds is 7. The summed E-state index contributed by atoms with van der Waals surface area (Å²) >= 11 is 5.35. The van der Waals surface area contributed by atoms with E-state index in [9.17, 15) is 0 Å². The minimum absolute atomic E-state index is 0.414. The number of morpholine rings is 1. The van der Waals surface area contributed by atoms with E-state index in [2.05, 4.69) is 58.4 Å². The zero-order chi connectivity index (χ0) is 15.2. The van der Waals surface area contributed by atoms with Gasteiger partial charge in [-0.1, -0.05) is 13.8 Å². The van der Waals surface area contributed by atoms with E-state index in [1.54, 1.807) is 0 Å². The largest absolute Gasteiger partial charge is 0.379 e. The van der Waals surface area contributed by atoms with Crippen molar-refractivity contribution in [1.29, 1.82) is 0 Å². The summed E-state index contributed by atoms with van der Waals surface area (Å²) in [6.07, 6.45) is 1.24. The predicted octanol–water partition coefficient (Wildman–Crippen LogP) is 3.91. The van der Waals surface area contributed by atoms with Gasteiger partial charge in [0.1, 0.15) is 0 Å². The van der Waals surface area contributed by atoms with Crippen molar-refractivity contribution < 1.29 is 4.74 Å². The average molecular weight is 375 g/mol. The Morgan fingerprint density at radius 3 is 2.62 bits per heavy atom. The van der Waals surface area contributed by atoms with Crippen LogP contribution in [-0.2, 0) is 4.74 Å². The van der Waals surface area contributed by atoms with E-state index >= 15 is 0 Å². The van der Waals surface area contributed by atoms with Gasteiger partial charge in [-0.3, -0.25) is 4.90 Å². The Hall–Kier alpha value is 0.0600. The number of thiophene rings is 1. The smallest absolute Gasteiger partial charge is 0.0594 e. The molecule has 0 bridgehead atoms. The van der Waals surface area contributed by atoms with Crippen molar-refractivity contribution in [2.75, 3.05) is 32.8 Å². The summed E-state index contributed by atoms with van der Waals surface area (Å²) in [4.78, 5) is 3.99. The third-order valence-electron chi connectivity index (χ3n) is 3.98. The topological polar surface area (TPSA) is 24.5 Å². The molecule has 120 valence electrons. The van der Waals surface area contributed by atoms with Gasteiger partial charge in [0.2, 0.25) is 0 Å². The maximum absolute atomic E-state index is 5.49. The lowest BCUT2D eigenvalue weighted by molar-refractivity contribution is 0.0119. The lowest BCUT2D eigenvalue weighted by Gasteiger charge is -2.36. The van der Waals surface area contributed by atoms with E-state index in [1.165, 1.54) is 15.8 Å². The molecule has 0 spiro atoms. The molecule has 0 aromatic carbocycles. The molecule has 5 heteroatoms. The van der Waals surface area contributed by atoms with Gasteiger partial charge in [0.25, 0.3) is 0 Å². The maximum Gasteiger partial charge on any atom is 0.0594 e. The van der Waals surface area contributed by atoms with Gasteiger partial charge < -0.3 is 10.1 Å². The molecule has 3 nitrogen and oxygen atoms in total. The summed E-state index contributed by atoms with van der Waals surface area (Å²) in [5.74, 6) is 0.728. The van der Waals surface area contributed by atoms with Crippen LogP contribution in [0, 0.1) is 5.92 Å². The summed E-state index contributed by atoms with van der Waals surface area (Å²) in [6.45, 7) is 11.8. The second-order valence-electron chi connectivity index (χ2n) is 6.23. The molecule has 1 aromatic heterocycles. The highest BCUT2D eigenvalue weighted by molar-refractivity contribution is 9.10. The normalized spacial score (nSPS) is 19.9. The minimum Gasteiger partial charge on any atom is -0.379 e. The Labute approximate surface area is 141 Å². The van der Waals surface area contributed by atoms with E-state index in [4.69, 9.17) is 4.74 Å². The van der Waals surface area contributed by atoms with Crippen molar-refractivity contribution in [3.8, 4) is 0 Å². The number of hydrogen-bond acceptors (Lipinski definition) is 4. The quantitative estimate of drug-likeness (QED) is 0.782. The standard InChI is InChI=1S/C16H27BrN2OS/c1-12(2)8-15(19-4-6-20-7-5-19)10-18-13(3)16-9-14(17)11-21-16/h9,11-13,15,18H,4-8,10H2,1-3H3. The monoisotopic (exact) mass is 374 g/mol. The Morgan fingerprint density at radius 1 is 1.33 bits per heavy atom. The first-order valence-electron chi connectivity index (χ1n) is 7.85. The SMILES string of the molecule is CC(C)CC(CNC(C)c1cc(Br)cs1)N1CCOCC1. The van der Waals surface area contributed by atoms with Gasteiger partial charge in [0.05, 0.1) is 13.2 Å². The van der Waals surface area contributed by atoms with Crippen LogP contribution in [0.2, 0.25) is 0 Å². The van der Waals surface area contributed by atoms with Crippen molar-refractivity contribution in [1.82, 2.24) is 10.2 Å². The van der Waals surface area contributed by atoms with Gasteiger partial charge in [-0.05, 0) is 41.3 Å². The van der Waals surface area contributed by atoms with Gasteiger partial charge in [0, 0.05) is 46.4 Å². The van der Waals surface area contributed by atoms with Crippen LogP contribution in [0.15, 0.2) is 15.9 Å². The Bertz CT molecular complexity index is 418. The summed E-state index contributed by atoms with van der Waals surface area (Å²) in [7, 11) is 0. The fourth-order valence-electron chi connectivity index (χ4n) is 2.82. The second kappa shape index (κ2) is 8.63. The lowest BCUT2D eigenvalue weighted by Crippen LogP contribution is -2.48. The molecule has 1 fully saturated rings. The van der Waals surface area contributed by atoms with Crippen LogP contribution < -0.4 is 5.32 Å². The maximum atomic E-state index is 5.49. The van der Waals surface area contributed by atoms with Crippen LogP contribution in [0.25, 0.3) is 0 Å². The fourth-order valence-corrected chi connectivity index (χ4v) is 4.29. The molecule has 2 heterocycles. The van der Waals surface area contributed by atoms with Crippen molar-refractivity contribution in [3.63, 3.8) is 0 Å². The first-order valence-corrected chi connectivity index (χ1v) is 9.52. The zero-order valence-corrected chi connectivity index (χ0v) is 15.7. The number of nitrogens with zero attached hydrogens (tertiary/aromatic N) is 1. The molecule has 0 aliphatic carbocycles. The summed E-state index contributed by atoms with van der Waals surface area (Å²) in [5.41, 5.74) is 0. The Balaban J connectivity index is 1.88. The van der Waals surface area contributed by atoms with Crippen LogP contribution in [0.3, 0.4) is 0 Å². The van der Waals surface area contributed by atoms with Crippen molar-refractivity contribution in [2.45, 2.75) is 39.3 Å². The van der Waals surface area contributed by atoms with Gasteiger partial charge in [-0.25, -0.2) is 0 Å². The minimum atomic E-state index is 0.414. The molecule has 2 atom stereocenters. The highest BCUT2D eigenvalue weighted by Gasteiger charge is 2.22. The van der Waals surface area contributed by atoms with E-state index in [0.717, 1.165) is 38.8 Å². The number of ether oxygens (including phenoxy) is 1. The van der Waals surface area contributed by atoms with Crippen molar-refractivity contribution in [2.24, 2.45) is 5.92 Å². The molecule has 0 radical (unpaired) electrons. The highest BCUT2D eigenvalue weighted by atomic mass is 79.9. The molecule has 1 aliphatic heterocycles. The van der Waals surface area contributed by atoms with Gasteiger partial charge in [-0.2, -0.15) is 0 Å². The fraction of sp³-hybridized carbons (Fsp3) is 0.750. The third-order valence-corrected chi connectivity index (χ3v) is 5.86. The predicted molar refractivity (Wildman–Crippen MR) is 94.1 cm³/mol. The molecule has 1 aliphatic rings. The number of hydrogen-bond donors (Lipinski definition) is 1. The molecule has 21 heavy (non-hydrogen) atoms. The van der Waals surface area contributed by atoms with E-state index in [1.807, 2.05) is 11.3 Å². The van der Waals surface area contributed by atoms with E-state index in [0.29, 0.717) is 12.1 Å². The van der Waals surface area contributed by atoms with Gasteiger partial charge >= 0.3 is 0 Å². The van der Waals surface area contributed by atoms with Crippen molar-refractivity contribution >= 4 is 27.3 Å². The van der Waals surface area contributed by atoms with Gasteiger partial charge in [-0.15, -0.1) is 11.3 Å². The molecule has 1 N–H and O–H groups in total. The third kappa shape index (κ3) is 5.64. The molecule has 0 amide bonds. The van der Waals surface area contributed by atoms with Crippen LogP contribution in [0.1, 0.15) is 38.1 Å². The second-order valence-corrected chi connectivity index (χ2v) is 8.09. The van der Waals surface area contributed by atoms with Crippen LogP contribution in [0.5, 0.6) is 0 Å². The molecule has 1 saturated heterocycles. The van der Waals surface area contributed by atoms with E-state index < -0.39 is 0 Å². The van der Waals surface area contributed by atoms with Crippen LogP contribution in [-0.4, -0.2) is 43.8 Å². The number of nitrogens with one attached hydrogen (secondary N) is 1. The summed E-state index contributed by atoms with van der Waals surface area (Å²) in [6, 6.07) is 3.24. The molecule has 0 saturated carbocycles. The summed E-state index contributed by atoms with van der Waals surface area (Å²) in [5, 5.41) is 5.88. The summed E-state index contributed by atoms with van der Waals surface area (Å²) < 4.78 is 6.67. The first kappa shape index (κ1) is 17.4. The molecule has 2 rings (SSSR count). The highest BCUT2D eigenvalue weighted by Crippen LogP contribution is 2.25. The Morgan fingerprint density at radius 2 is 2.05 bits per heavy atom. The first-order chi connectivity index (χ1) is 10.1. The van der Waals surface area contributed by atoms with Crippen LogP contribution >= 0.6 is 27.3 Å². The number of halogens is 1. The molecule has 2 unspecified atom stereocenters. The van der Waals surface area contributed by atoms with Crippen LogP contribution in [0.4, 0.5) is 0 Å². The van der Waals surface area contributed by atoms with E-state index in [-0.39, 0.29) is 0 Å². The molecular weight excluding hydrogens is 348 g/mol. The van der Waals surface area contributed by atoms with Gasteiger partial charge in [0.15, 0.2) is 0 Å². The lowest BCUT2D eigenvalue weighted by atomic mass is 10.0.